The quantitative estimate of drug-likeness (QED) is 0.778. The van der Waals surface area contributed by atoms with Gasteiger partial charge in [-0.05, 0) is 36.1 Å². The molecule has 98 valence electrons. The molecule has 0 saturated heterocycles. The summed E-state index contributed by atoms with van der Waals surface area (Å²) in [5.74, 6) is -0.633. The number of carbonyl (C=O) groups excluding carboxylic acids is 1. The average Bonchev–Trinajstić information content (AvgIpc) is 3.02. The Bertz CT molecular complexity index is 636. The lowest BCUT2D eigenvalue weighted by molar-refractivity contribution is 0.0587. The molecule has 0 amide bonds. The minimum absolute atomic E-state index is 0.0206. The van der Waals surface area contributed by atoms with Crippen LogP contribution in [0.5, 0.6) is 0 Å². The zero-order valence-corrected chi connectivity index (χ0v) is 10.5. The van der Waals surface area contributed by atoms with Crippen LogP contribution in [-0.4, -0.2) is 22.6 Å². The van der Waals surface area contributed by atoms with E-state index in [1.807, 2.05) is 0 Å². The minimum atomic E-state index is -0.409. The molecule has 1 unspecified atom stereocenters. The highest BCUT2D eigenvalue weighted by Crippen LogP contribution is 2.35. The molecule has 0 aliphatic heterocycles. The molecule has 1 aliphatic rings. The van der Waals surface area contributed by atoms with Crippen LogP contribution in [0.4, 0.5) is 4.39 Å². The standard InChI is InChI=1S/C14H13FN2O2/c1-19-14(18)13-7-16-8-17(13)12-5-2-9-6-10(15)3-4-11(9)12/h3-4,6-8,12H,2,5H2,1H3. The number of esters is 1. The molecule has 0 radical (unpaired) electrons. The van der Waals surface area contributed by atoms with Crippen molar-refractivity contribution in [2.45, 2.75) is 18.9 Å². The van der Waals surface area contributed by atoms with Gasteiger partial charge in [0, 0.05) is 0 Å². The summed E-state index contributed by atoms with van der Waals surface area (Å²) in [6, 6.07) is 4.81. The molecule has 5 heteroatoms. The van der Waals surface area contributed by atoms with E-state index in [1.165, 1.54) is 19.4 Å². The summed E-state index contributed by atoms with van der Waals surface area (Å²) in [4.78, 5) is 15.7. The molecule has 0 saturated carbocycles. The Labute approximate surface area is 109 Å². The van der Waals surface area contributed by atoms with E-state index in [0.29, 0.717) is 5.69 Å². The number of aryl methyl sites for hydroxylation is 1. The number of nitrogens with zero attached hydrogens (tertiary/aromatic N) is 2. The Morgan fingerprint density at radius 2 is 2.37 bits per heavy atom. The Kier molecular flexibility index (Phi) is 2.81. The monoisotopic (exact) mass is 260 g/mol. The smallest absolute Gasteiger partial charge is 0.356 e. The molecule has 3 rings (SSSR count). The van der Waals surface area contributed by atoms with Crippen molar-refractivity contribution in [3.63, 3.8) is 0 Å². The predicted molar refractivity (Wildman–Crippen MR) is 66.4 cm³/mol. The number of hydrogen-bond donors (Lipinski definition) is 0. The molecule has 0 fully saturated rings. The first-order valence-electron chi connectivity index (χ1n) is 6.09. The van der Waals surface area contributed by atoms with Gasteiger partial charge in [0.25, 0.3) is 0 Å². The van der Waals surface area contributed by atoms with Gasteiger partial charge in [0.15, 0.2) is 0 Å². The number of hydrogen-bond acceptors (Lipinski definition) is 3. The molecule has 1 aromatic carbocycles. The van der Waals surface area contributed by atoms with Crippen LogP contribution in [0.1, 0.15) is 34.1 Å². The van der Waals surface area contributed by atoms with Gasteiger partial charge in [-0.1, -0.05) is 6.07 Å². The third-order valence-corrected chi connectivity index (χ3v) is 3.55. The van der Waals surface area contributed by atoms with Crippen molar-refractivity contribution in [3.05, 3.63) is 53.4 Å². The number of rotatable bonds is 2. The van der Waals surface area contributed by atoms with Crippen molar-refractivity contribution in [1.29, 1.82) is 0 Å². The van der Waals surface area contributed by atoms with E-state index >= 15 is 0 Å². The maximum atomic E-state index is 13.2. The Morgan fingerprint density at radius 1 is 1.53 bits per heavy atom. The van der Waals surface area contributed by atoms with Crippen LogP contribution >= 0.6 is 0 Å². The molecular formula is C14H13FN2O2. The lowest BCUT2D eigenvalue weighted by Gasteiger charge is -2.15. The molecule has 19 heavy (non-hydrogen) atoms. The largest absolute Gasteiger partial charge is 0.464 e. The highest BCUT2D eigenvalue weighted by Gasteiger charge is 2.27. The number of methoxy groups -OCH3 is 1. The van der Waals surface area contributed by atoms with Gasteiger partial charge in [0.1, 0.15) is 11.5 Å². The van der Waals surface area contributed by atoms with Gasteiger partial charge in [-0.25, -0.2) is 14.2 Å². The second-order valence-electron chi connectivity index (χ2n) is 4.58. The Morgan fingerprint density at radius 3 is 3.16 bits per heavy atom. The van der Waals surface area contributed by atoms with Crippen LogP contribution in [0, 0.1) is 5.82 Å². The fourth-order valence-corrected chi connectivity index (χ4v) is 2.67. The Balaban J connectivity index is 2.02. The molecule has 0 spiro atoms. The molecule has 1 aromatic heterocycles. The highest BCUT2D eigenvalue weighted by molar-refractivity contribution is 5.87. The summed E-state index contributed by atoms with van der Waals surface area (Å²) < 4.78 is 19.7. The molecule has 0 bridgehead atoms. The van der Waals surface area contributed by atoms with Crippen LogP contribution in [0.25, 0.3) is 0 Å². The number of carbonyl (C=O) groups is 1. The number of benzene rings is 1. The number of fused-ring (bicyclic) bond motifs is 1. The summed E-state index contributed by atoms with van der Waals surface area (Å²) >= 11 is 0. The molecule has 1 heterocycles. The molecular weight excluding hydrogens is 247 g/mol. The van der Waals surface area contributed by atoms with Gasteiger partial charge in [0.05, 0.1) is 25.7 Å². The van der Waals surface area contributed by atoms with Gasteiger partial charge in [-0.15, -0.1) is 0 Å². The third-order valence-electron chi connectivity index (χ3n) is 3.55. The lowest BCUT2D eigenvalue weighted by atomic mass is 10.1. The summed E-state index contributed by atoms with van der Waals surface area (Å²) in [5, 5.41) is 0. The van der Waals surface area contributed by atoms with Gasteiger partial charge in [-0.3, -0.25) is 0 Å². The lowest BCUT2D eigenvalue weighted by Crippen LogP contribution is -2.14. The fourth-order valence-electron chi connectivity index (χ4n) is 2.67. The van der Waals surface area contributed by atoms with Crippen LogP contribution < -0.4 is 0 Å². The van der Waals surface area contributed by atoms with E-state index in [1.54, 1.807) is 23.0 Å². The molecule has 1 aliphatic carbocycles. The number of aromatic nitrogens is 2. The zero-order valence-electron chi connectivity index (χ0n) is 10.5. The van der Waals surface area contributed by atoms with Crippen LogP contribution in [0.15, 0.2) is 30.7 Å². The first-order chi connectivity index (χ1) is 9.20. The SMILES string of the molecule is COC(=O)c1cncn1C1CCc2cc(F)ccc21. The summed E-state index contributed by atoms with van der Waals surface area (Å²) in [6.45, 7) is 0. The second kappa shape index (κ2) is 4.50. The van der Waals surface area contributed by atoms with Crippen LogP contribution in [-0.2, 0) is 11.2 Å². The van der Waals surface area contributed by atoms with Gasteiger partial charge < -0.3 is 9.30 Å². The second-order valence-corrected chi connectivity index (χ2v) is 4.58. The van der Waals surface area contributed by atoms with Crippen molar-refractivity contribution in [2.24, 2.45) is 0 Å². The van der Waals surface area contributed by atoms with E-state index in [4.69, 9.17) is 4.74 Å². The molecule has 1 atom stereocenters. The minimum Gasteiger partial charge on any atom is -0.464 e. The first kappa shape index (κ1) is 11.9. The van der Waals surface area contributed by atoms with E-state index in [0.717, 1.165) is 24.0 Å². The summed E-state index contributed by atoms with van der Waals surface area (Å²) in [5.41, 5.74) is 2.46. The van der Waals surface area contributed by atoms with Crippen molar-refractivity contribution in [1.82, 2.24) is 9.55 Å². The number of ether oxygens (including phenoxy) is 1. The van der Waals surface area contributed by atoms with Gasteiger partial charge >= 0.3 is 5.97 Å². The van der Waals surface area contributed by atoms with E-state index in [-0.39, 0.29) is 11.9 Å². The number of imidazole rings is 1. The summed E-state index contributed by atoms with van der Waals surface area (Å²) in [6.07, 6.45) is 4.75. The van der Waals surface area contributed by atoms with Crippen molar-refractivity contribution >= 4 is 5.97 Å². The molecule has 0 N–H and O–H groups in total. The van der Waals surface area contributed by atoms with Crippen molar-refractivity contribution in [2.75, 3.05) is 7.11 Å². The van der Waals surface area contributed by atoms with Crippen LogP contribution in [0.2, 0.25) is 0 Å². The van der Waals surface area contributed by atoms with Gasteiger partial charge in [0.2, 0.25) is 0 Å². The van der Waals surface area contributed by atoms with E-state index in [2.05, 4.69) is 4.98 Å². The van der Waals surface area contributed by atoms with E-state index in [9.17, 15) is 9.18 Å². The topological polar surface area (TPSA) is 44.1 Å². The molecule has 2 aromatic rings. The number of halogens is 1. The van der Waals surface area contributed by atoms with Crippen molar-refractivity contribution < 1.29 is 13.9 Å². The Hall–Kier alpha value is -2.17. The first-order valence-corrected chi connectivity index (χ1v) is 6.09. The summed E-state index contributed by atoms with van der Waals surface area (Å²) in [7, 11) is 1.34. The average molecular weight is 260 g/mol. The maximum Gasteiger partial charge on any atom is 0.356 e. The maximum absolute atomic E-state index is 13.2. The normalized spacial score (nSPS) is 17.3. The molecule has 4 nitrogen and oxygen atoms in total. The highest BCUT2D eigenvalue weighted by atomic mass is 19.1. The predicted octanol–water partition coefficient (Wildman–Crippen LogP) is 2.34. The van der Waals surface area contributed by atoms with Crippen LogP contribution in [0.3, 0.4) is 0 Å². The third kappa shape index (κ3) is 1.91. The van der Waals surface area contributed by atoms with E-state index < -0.39 is 5.97 Å². The zero-order chi connectivity index (χ0) is 13.4. The van der Waals surface area contributed by atoms with Crippen molar-refractivity contribution in [3.8, 4) is 0 Å². The fraction of sp³-hybridized carbons (Fsp3) is 0.286. The van der Waals surface area contributed by atoms with Gasteiger partial charge in [-0.2, -0.15) is 0 Å².